The summed E-state index contributed by atoms with van der Waals surface area (Å²) >= 11 is 0. The van der Waals surface area contributed by atoms with Crippen LogP contribution in [0.4, 0.5) is 0 Å². The Morgan fingerprint density at radius 1 is 1.00 bits per heavy atom. The first-order chi connectivity index (χ1) is 12.4. The number of benzene rings is 2. The molecule has 1 atom stereocenters. The van der Waals surface area contributed by atoms with Crippen LogP contribution >= 0.6 is 0 Å². The summed E-state index contributed by atoms with van der Waals surface area (Å²) in [6, 6.07) is 14.5. The first-order valence-corrected chi connectivity index (χ1v) is 9.46. The van der Waals surface area contributed by atoms with E-state index in [1.807, 2.05) is 18.2 Å². The molecule has 0 aromatic heterocycles. The minimum Gasteiger partial charge on any atom is -0.381 e. The third-order valence-electron chi connectivity index (χ3n) is 5.80. The van der Waals surface area contributed by atoms with Crippen LogP contribution in [-0.2, 0) is 14.9 Å². The van der Waals surface area contributed by atoms with Crippen molar-refractivity contribution in [2.24, 2.45) is 0 Å². The van der Waals surface area contributed by atoms with Gasteiger partial charge in [-0.3, -0.25) is 4.79 Å². The van der Waals surface area contributed by atoms with Gasteiger partial charge in [-0.05, 0) is 68.4 Å². The molecule has 3 nitrogen and oxygen atoms in total. The van der Waals surface area contributed by atoms with Gasteiger partial charge in [0.15, 0.2) is 0 Å². The number of aryl methyl sites for hydroxylation is 3. The molecule has 1 heterocycles. The molecule has 0 saturated carbocycles. The van der Waals surface area contributed by atoms with Crippen molar-refractivity contribution in [3.63, 3.8) is 0 Å². The summed E-state index contributed by atoms with van der Waals surface area (Å²) in [5, 5.41) is 3.30. The number of rotatable bonds is 4. The molecule has 3 heteroatoms. The molecule has 1 aliphatic heterocycles. The van der Waals surface area contributed by atoms with Crippen molar-refractivity contribution in [2.45, 2.75) is 52.0 Å². The van der Waals surface area contributed by atoms with Crippen LogP contribution in [0.5, 0.6) is 0 Å². The lowest BCUT2D eigenvalue weighted by atomic mass is 9.73. The lowest BCUT2D eigenvalue weighted by Crippen LogP contribution is -2.48. The molecule has 0 radical (unpaired) electrons. The molecule has 3 rings (SSSR count). The van der Waals surface area contributed by atoms with Gasteiger partial charge in [0.2, 0.25) is 5.91 Å². The Labute approximate surface area is 156 Å². The quantitative estimate of drug-likeness (QED) is 0.878. The van der Waals surface area contributed by atoms with Gasteiger partial charge in [0.25, 0.3) is 0 Å². The smallest absolute Gasteiger partial charge is 0.231 e. The molecule has 138 valence electrons. The molecular weight excluding hydrogens is 322 g/mol. The van der Waals surface area contributed by atoms with Gasteiger partial charge in [-0.15, -0.1) is 0 Å². The lowest BCUT2D eigenvalue weighted by molar-refractivity contribution is -0.131. The predicted octanol–water partition coefficient (Wildman–Crippen LogP) is 4.54. The molecule has 2 aromatic rings. The molecule has 0 aliphatic carbocycles. The van der Waals surface area contributed by atoms with Crippen LogP contribution in [0.1, 0.15) is 53.6 Å². The number of nitrogens with one attached hydrogen (secondary N) is 1. The van der Waals surface area contributed by atoms with Crippen molar-refractivity contribution in [1.82, 2.24) is 5.32 Å². The fourth-order valence-electron chi connectivity index (χ4n) is 3.99. The molecular formula is C23H29NO2. The van der Waals surface area contributed by atoms with Crippen LogP contribution in [0.15, 0.2) is 42.5 Å². The van der Waals surface area contributed by atoms with Crippen LogP contribution in [0, 0.1) is 20.8 Å². The highest BCUT2D eigenvalue weighted by Gasteiger charge is 2.42. The van der Waals surface area contributed by atoms with Crippen LogP contribution < -0.4 is 5.32 Å². The number of amides is 1. The van der Waals surface area contributed by atoms with E-state index in [2.05, 4.69) is 57.3 Å². The van der Waals surface area contributed by atoms with Gasteiger partial charge in [0.1, 0.15) is 0 Å². The SMILES string of the molecule is Cc1cc(C)c([C@@H](C)NC(=O)C2(c3ccccc3)CCOCC2)cc1C. The summed E-state index contributed by atoms with van der Waals surface area (Å²) in [6.07, 6.45) is 1.45. The Kier molecular flexibility index (Phi) is 5.47. The second-order valence-corrected chi connectivity index (χ2v) is 7.55. The fraction of sp³-hybridized carbons (Fsp3) is 0.435. The Morgan fingerprint density at radius 2 is 1.62 bits per heavy atom. The van der Waals surface area contributed by atoms with Gasteiger partial charge in [-0.2, -0.15) is 0 Å². The van der Waals surface area contributed by atoms with E-state index in [9.17, 15) is 4.79 Å². The van der Waals surface area contributed by atoms with Crippen LogP contribution in [0.2, 0.25) is 0 Å². The molecule has 26 heavy (non-hydrogen) atoms. The van der Waals surface area contributed by atoms with Crippen molar-refractivity contribution < 1.29 is 9.53 Å². The van der Waals surface area contributed by atoms with E-state index >= 15 is 0 Å². The molecule has 0 spiro atoms. The Balaban J connectivity index is 1.88. The summed E-state index contributed by atoms with van der Waals surface area (Å²) in [7, 11) is 0. The molecule has 1 N–H and O–H groups in total. The number of hydrogen-bond acceptors (Lipinski definition) is 2. The topological polar surface area (TPSA) is 38.3 Å². The highest BCUT2D eigenvalue weighted by molar-refractivity contribution is 5.88. The van der Waals surface area contributed by atoms with E-state index < -0.39 is 5.41 Å². The minimum atomic E-state index is -0.499. The number of ether oxygens (including phenoxy) is 1. The van der Waals surface area contributed by atoms with Gasteiger partial charge in [-0.25, -0.2) is 0 Å². The highest BCUT2D eigenvalue weighted by atomic mass is 16.5. The normalized spacial score (nSPS) is 17.5. The Bertz CT molecular complexity index is 776. The second-order valence-electron chi connectivity index (χ2n) is 7.55. The zero-order valence-electron chi connectivity index (χ0n) is 16.3. The third-order valence-corrected chi connectivity index (χ3v) is 5.80. The maximum Gasteiger partial charge on any atom is 0.231 e. The highest BCUT2D eigenvalue weighted by Crippen LogP contribution is 2.36. The van der Waals surface area contributed by atoms with Gasteiger partial charge < -0.3 is 10.1 Å². The summed E-state index contributed by atoms with van der Waals surface area (Å²) in [5.41, 5.74) is 5.55. The predicted molar refractivity (Wildman–Crippen MR) is 105 cm³/mol. The van der Waals surface area contributed by atoms with Crippen molar-refractivity contribution >= 4 is 5.91 Å². The van der Waals surface area contributed by atoms with Crippen LogP contribution in [-0.4, -0.2) is 19.1 Å². The molecule has 1 fully saturated rings. The van der Waals surface area contributed by atoms with Crippen LogP contribution in [0.3, 0.4) is 0 Å². The maximum atomic E-state index is 13.4. The Hall–Kier alpha value is -2.13. The molecule has 0 unspecified atom stereocenters. The largest absolute Gasteiger partial charge is 0.381 e. The molecule has 1 aliphatic rings. The average Bonchev–Trinajstić information content (AvgIpc) is 2.65. The van der Waals surface area contributed by atoms with Crippen molar-refractivity contribution in [3.8, 4) is 0 Å². The van der Waals surface area contributed by atoms with E-state index in [-0.39, 0.29) is 11.9 Å². The first kappa shape index (κ1) is 18.7. The molecule has 1 saturated heterocycles. The first-order valence-electron chi connectivity index (χ1n) is 9.46. The Morgan fingerprint density at radius 3 is 2.27 bits per heavy atom. The fourth-order valence-corrected chi connectivity index (χ4v) is 3.99. The van der Waals surface area contributed by atoms with E-state index in [0.717, 1.165) is 18.4 Å². The summed E-state index contributed by atoms with van der Waals surface area (Å²) in [4.78, 5) is 13.4. The third kappa shape index (κ3) is 3.54. The van der Waals surface area contributed by atoms with Gasteiger partial charge in [-0.1, -0.05) is 42.5 Å². The summed E-state index contributed by atoms with van der Waals surface area (Å²) in [5.74, 6) is 0.108. The maximum absolute atomic E-state index is 13.4. The zero-order chi connectivity index (χ0) is 18.7. The average molecular weight is 351 g/mol. The van der Waals surface area contributed by atoms with Gasteiger partial charge >= 0.3 is 0 Å². The van der Waals surface area contributed by atoms with Crippen molar-refractivity contribution in [2.75, 3.05) is 13.2 Å². The molecule has 1 amide bonds. The number of hydrogen-bond donors (Lipinski definition) is 1. The van der Waals surface area contributed by atoms with E-state index in [1.54, 1.807) is 0 Å². The summed E-state index contributed by atoms with van der Waals surface area (Å²) in [6.45, 7) is 9.69. The van der Waals surface area contributed by atoms with E-state index in [0.29, 0.717) is 13.2 Å². The van der Waals surface area contributed by atoms with E-state index in [1.165, 1.54) is 22.3 Å². The lowest BCUT2D eigenvalue weighted by Gasteiger charge is -2.37. The molecule has 2 aromatic carbocycles. The minimum absolute atomic E-state index is 0.0229. The number of carbonyl (C=O) groups is 1. The standard InChI is InChI=1S/C23H29NO2/c1-16-14-18(3)21(15-17(16)2)19(4)24-22(25)23(10-12-26-13-11-23)20-8-6-5-7-9-20/h5-9,14-15,19H,10-13H2,1-4H3,(H,24,25)/t19-/m1/s1. The zero-order valence-corrected chi connectivity index (χ0v) is 16.3. The van der Waals surface area contributed by atoms with Gasteiger partial charge in [0, 0.05) is 13.2 Å². The van der Waals surface area contributed by atoms with E-state index in [4.69, 9.17) is 4.74 Å². The van der Waals surface area contributed by atoms with Crippen molar-refractivity contribution in [1.29, 1.82) is 0 Å². The van der Waals surface area contributed by atoms with Gasteiger partial charge in [0.05, 0.1) is 11.5 Å². The second kappa shape index (κ2) is 7.63. The monoisotopic (exact) mass is 351 g/mol. The summed E-state index contributed by atoms with van der Waals surface area (Å²) < 4.78 is 5.55. The van der Waals surface area contributed by atoms with Crippen LogP contribution in [0.25, 0.3) is 0 Å². The number of carbonyl (C=O) groups excluding carboxylic acids is 1. The van der Waals surface area contributed by atoms with Crippen molar-refractivity contribution in [3.05, 3.63) is 70.3 Å². The molecule has 0 bridgehead atoms.